The molecule has 0 aliphatic carbocycles. The smallest absolute Gasteiger partial charge is 0.193 e. The van der Waals surface area contributed by atoms with Crippen LogP contribution in [-0.2, 0) is 16.4 Å². The van der Waals surface area contributed by atoms with Gasteiger partial charge in [-0.2, -0.15) is 0 Å². The van der Waals surface area contributed by atoms with Gasteiger partial charge in [-0.25, -0.2) is 8.42 Å². The number of aliphatic imine (C=N–C) groups is 1. The monoisotopic (exact) mass is 371 g/mol. The predicted octanol–water partition coefficient (Wildman–Crippen LogP) is 1.54. The first-order valence-corrected chi connectivity index (χ1v) is 10.2. The van der Waals surface area contributed by atoms with Crippen molar-refractivity contribution < 1.29 is 17.9 Å². The summed E-state index contributed by atoms with van der Waals surface area (Å²) in [6, 6.07) is 5.70. The average molecular weight is 372 g/mol. The molecule has 1 N–H and O–H groups in total. The third-order valence-electron chi connectivity index (χ3n) is 3.53. The van der Waals surface area contributed by atoms with Crippen molar-refractivity contribution in [1.29, 1.82) is 0 Å². The summed E-state index contributed by atoms with van der Waals surface area (Å²) in [6.45, 7) is 3.79. The van der Waals surface area contributed by atoms with Gasteiger partial charge in [0.15, 0.2) is 5.96 Å². The van der Waals surface area contributed by atoms with Crippen LogP contribution in [0.5, 0.6) is 11.5 Å². The minimum absolute atomic E-state index is 0.145. The molecule has 0 spiro atoms. The highest BCUT2D eigenvalue weighted by Gasteiger charge is 2.11. The zero-order valence-corrected chi connectivity index (χ0v) is 16.5. The first-order valence-electron chi connectivity index (χ1n) is 8.18. The lowest BCUT2D eigenvalue weighted by Gasteiger charge is -2.23. The maximum atomic E-state index is 11.2. The maximum absolute atomic E-state index is 11.2. The lowest BCUT2D eigenvalue weighted by molar-refractivity contribution is 0.382. The molecule has 0 radical (unpaired) electrons. The molecule has 1 rings (SSSR count). The van der Waals surface area contributed by atoms with E-state index < -0.39 is 9.84 Å². The number of hydrogen-bond acceptors (Lipinski definition) is 5. The van der Waals surface area contributed by atoms with Gasteiger partial charge in [0.2, 0.25) is 0 Å². The Labute approximate surface area is 151 Å². The van der Waals surface area contributed by atoms with Crippen LogP contribution in [0.25, 0.3) is 0 Å². The summed E-state index contributed by atoms with van der Waals surface area (Å²) >= 11 is 0. The molecule has 0 atom stereocenters. The Morgan fingerprint density at radius 2 is 2.00 bits per heavy atom. The Morgan fingerprint density at radius 1 is 1.28 bits per heavy atom. The Balaban J connectivity index is 2.80. The topological polar surface area (TPSA) is 80.2 Å². The van der Waals surface area contributed by atoms with Gasteiger partial charge in [0.1, 0.15) is 21.3 Å². The van der Waals surface area contributed by atoms with Crippen LogP contribution in [0.2, 0.25) is 0 Å². The van der Waals surface area contributed by atoms with Crippen LogP contribution in [0, 0.1) is 0 Å². The Morgan fingerprint density at radius 3 is 2.56 bits per heavy atom. The van der Waals surface area contributed by atoms with Gasteiger partial charge in [-0.3, -0.25) is 4.99 Å². The number of sulfone groups is 1. The fourth-order valence-electron chi connectivity index (χ4n) is 2.29. The number of nitrogens with zero attached hydrogens (tertiary/aromatic N) is 2. The van der Waals surface area contributed by atoms with E-state index in [-0.39, 0.29) is 5.75 Å². The molecule has 0 aromatic heterocycles. The molecule has 142 valence electrons. The number of hydrogen-bond donors (Lipinski definition) is 1. The van der Waals surface area contributed by atoms with Crippen LogP contribution in [0.4, 0.5) is 0 Å². The zero-order chi connectivity index (χ0) is 18.9. The van der Waals surface area contributed by atoms with Crippen LogP contribution >= 0.6 is 0 Å². The van der Waals surface area contributed by atoms with Gasteiger partial charge in [0, 0.05) is 44.6 Å². The van der Waals surface area contributed by atoms with E-state index in [0.29, 0.717) is 19.5 Å². The largest absolute Gasteiger partial charge is 0.497 e. The average Bonchev–Trinajstić information content (AvgIpc) is 2.56. The molecule has 0 heterocycles. The second-order valence-electron chi connectivity index (χ2n) is 5.75. The van der Waals surface area contributed by atoms with Crippen LogP contribution in [0.1, 0.15) is 18.9 Å². The van der Waals surface area contributed by atoms with E-state index >= 15 is 0 Å². The van der Waals surface area contributed by atoms with E-state index in [9.17, 15) is 8.42 Å². The molecule has 0 amide bonds. The lowest BCUT2D eigenvalue weighted by atomic mass is 10.2. The fourth-order valence-corrected chi connectivity index (χ4v) is 2.95. The van der Waals surface area contributed by atoms with Gasteiger partial charge in [-0.1, -0.05) is 0 Å². The van der Waals surface area contributed by atoms with E-state index in [1.54, 1.807) is 14.2 Å². The van der Waals surface area contributed by atoms with Gasteiger partial charge >= 0.3 is 0 Å². The van der Waals surface area contributed by atoms with E-state index in [4.69, 9.17) is 9.47 Å². The van der Waals surface area contributed by atoms with Gasteiger partial charge in [0.25, 0.3) is 0 Å². The Kier molecular flexibility index (Phi) is 8.54. The Bertz CT molecular complexity index is 674. The van der Waals surface area contributed by atoms with Crippen molar-refractivity contribution in [2.45, 2.75) is 19.9 Å². The fraction of sp³-hybridized carbons (Fsp3) is 0.588. The molecule has 0 saturated carbocycles. The summed E-state index contributed by atoms with van der Waals surface area (Å²) in [7, 11) is 2.23. The summed E-state index contributed by atoms with van der Waals surface area (Å²) < 4.78 is 33.0. The highest BCUT2D eigenvalue weighted by atomic mass is 32.2. The van der Waals surface area contributed by atoms with Crippen molar-refractivity contribution in [3.63, 3.8) is 0 Å². The van der Waals surface area contributed by atoms with Gasteiger partial charge in [-0.15, -0.1) is 0 Å². The molecule has 7 nitrogen and oxygen atoms in total. The summed E-state index contributed by atoms with van der Waals surface area (Å²) in [5.74, 6) is 2.36. The number of nitrogens with one attached hydrogen (secondary N) is 1. The van der Waals surface area contributed by atoms with Gasteiger partial charge in [0.05, 0.1) is 20.0 Å². The van der Waals surface area contributed by atoms with Crippen molar-refractivity contribution in [3.05, 3.63) is 23.8 Å². The molecule has 8 heteroatoms. The molecule has 1 aromatic rings. The highest BCUT2D eigenvalue weighted by Crippen LogP contribution is 2.25. The molecule has 1 aromatic carbocycles. The summed E-state index contributed by atoms with van der Waals surface area (Å²) in [5, 5.41) is 3.22. The minimum atomic E-state index is -2.95. The number of methoxy groups -OCH3 is 2. The van der Waals surface area contributed by atoms with Crippen LogP contribution in [0.15, 0.2) is 23.2 Å². The van der Waals surface area contributed by atoms with Gasteiger partial charge < -0.3 is 19.7 Å². The first kappa shape index (κ1) is 21.1. The number of benzene rings is 1. The maximum Gasteiger partial charge on any atom is 0.193 e. The molecular weight excluding hydrogens is 342 g/mol. The van der Waals surface area contributed by atoms with Crippen molar-refractivity contribution in [1.82, 2.24) is 10.2 Å². The summed E-state index contributed by atoms with van der Waals surface area (Å²) in [6.07, 6.45) is 1.75. The zero-order valence-electron chi connectivity index (χ0n) is 15.7. The van der Waals surface area contributed by atoms with Gasteiger partial charge in [-0.05, 0) is 25.5 Å². The summed E-state index contributed by atoms with van der Waals surface area (Å²) in [4.78, 5) is 6.48. The van der Waals surface area contributed by atoms with Crippen molar-refractivity contribution in [3.8, 4) is 11.5 Å². The first-order chi connectivity index (χ1) is 11.8. The lowest BCUT2D eigenvalue weighted by Crippen LogP contribution is -2.38. The van der Waals surface area contributed by atoms with Crippen LogP contribution in [-0.4, -0.2) is 65.6 Å². The third kappa shape index (κ3) is 7.64. The summed E-state index contributed by atoms with van der Waals surface area (Å²) in [5.41, 5.74) is 1.01. The standard InChI is InChI=1S/C17H29N3O4S/c1-6-18-17(19-10-7-11-25(5,21)22)20(2)13-14-8-9-15(23-3)12-16(14)24-4/h8-9,12H,6-7,10-11,13H2,1-5H3,(H,18,19). The van der Waals surface area contributed by atoms with Crippen molar-refractivity contribution in [2.24, 2.45) is 4.99 Å². The highest BCUT2D eigenvalue weighted by molar-refractivity contribution is 7.90. The normalized spacial score (nSPS) is 12.0. The van der Waals surface area contributed by atoms with E-state index in [0.717, 1.165) is 29.6 Å². The Hall–Kier alpha value is -1.96. The quantitative estimate of drug-likeness (QED) is 0.403. The number of guanidine groups is 1. The molecule has 25 heavy (non-hydrogen) atoms. The molecular formula is C17H29N3O4S. The number of rotatable bonds is 9. The minimum Gasteiger partial charge on any atom is -0.497 e. The molecule has 0 bridgehead atoms. The number of ether oxygens (including phenoxy) is 2. The van der Waals surface area contributed by atoms with E-state index in [1.165, 1.54) is 6.26 Å². The van der Waals surface area contributed by atoms with Crippen LogP contribution in [0.3, 0.4) is 0 Å². The SMILES string of the molecule is CCNC(=NCCCS(C)(=O)=O)N(C)Cc1ccc(OC)cc1OC. The van der Waals surface area contributed by atoms with Crippen LogP contribution < -0.4 is 14.8 Å². The third-order valence-corrected chi connectivity index (χ3v) is 4.56. The molecule has 0 fully saturated rings. The van der Waals surface area contributed by atoms with E-state index in [2.05, 4.69) is 10.3 Å². The molecule has 0 aliphatic rings. The predicted molar refractivity (Wildman–Crippen MR) is 101 cm³/mol. The molecule has 0 unspecified atom stereocenters. The van der Waals surface area contributed by atoms with Crippen molar-refractivity contribution in [2.75, 3.05) is 46.4 Å². The molecule has 0 saturated heterocycles. The van der Waals surface area contributed by atoms with E-state index in [1.807, 2.05) is 37.1 Å². The van der Waals surface area contributed by atoms with Crippen molar-refractivity contribution >= 4 is 15.8 Å². The second-order valence-corrected chi connectivity index (χ2v) is 8.01. The second kappa shape index (κ2) is 10.1. The molecule has 0 aliphatic heterocycles.